The first-order chi connectivity index (χ1) is 13.6. The quantitative estimate of drug-likeness (QED) is 0.590. The summed E-state index contributed by atoms with van der Waals surface area (Å²) < 4.78 is 11.1. The minimum Gasteiger partial charge on any atom is -0.494 e. The molecule has 2 aromatic rings. The van der Waals surface area contributed by atoms with E-state index < -0.39 is 0 Å². The summed E-state index contributed by atoms with van der Waals surface area (Å²) in [5, 5.41) is 6.07. The van der Waals surface area contributed by atoms with Crippen molar-refractivity contribution < 1.29 is 14.3 Å². The van der Waals surface area contributed by atoms with E-state index in [1.807, 2.05) is 50.2 Å². The van der Waals surface area contributed by atoms with Gasteiger partial charge in [0.05, 0.1) is 19.3 Å². The van der Waals surface area contributed by atoms with Gasteiger partial charge in [-0.1, -0.05) is 17.7 Å². The van der Waals surface area contributed by atoms with Gasteiger partial charge in [-0.2, -0.15) is 0 Å². The van der Waals surface area contributed by atoms with Gasteiger partial charge in [-0.3, -0.25) is 10.1 Å². The van der Waals surface area contributed by atoms with Crippen molar-refractivity contribution in [3.63, 3.8) is 0 Å². The average Bonchev–Trinajstić information content (AvgIpc) is 3.22. The highest BCUT2D eigenvalue weighted by Crippen LogP contribution is 2.16. The standard InChI is InChI=1S/C22H27N3O3/c1-3-27-19-12-10-18(11-13-19)24-22(23-15-20-5-4-14-28-20)25-21(26)17-8-6-16(2)7-9-17/h6-13,20H,3-5,14-15H2,1-2H3,(H2,23,24,25,26)/t20-/m1/s1. The number of nitrogens with one attached hydrogen (secondary N) is 2. The lowest BCUT2D eigenvalue weighted by Gasteiger charge is -2.14. The van der Waals surface area contributed by atoms with Crippen LogP contribution in [0.5, 0.6) is 5.75 Å². The van der Waals surface area contributed by atoms with Crippen molar-refractivity contribution in [2.24, 2.45) is 4.99 Å². The summed E-state index contributed by atoms with van der Waals surface area (Å²) in [6, 6.07) is 15.0. The van der Waals surface area contributed by atoms with Gasteiger partial charge in [-0.15, -0.1) is 0 Å². The summed E-state index contributed by atoms with van der Waals surface area (Å²) in [4.78, 5) is 17.2. The van der Waals surface area contributed by atoms with Gasteiger partial charge in [0.2, 0.25) is 5.96 Å². The Morgan fingerprint density at radius 1 is 1.18 bits per heavy atom. The summed E-state index contributed by atoms with van der Waals surface area (Å²) in [6.45, 7) is 5.84. The molecular weight excluding hydrogens is 354 g/mol. The Morgan fingerprint density at radius 3 is 2.57 bits per heavy atom. The van der Waals surface area contributed by atoms with Crippen LogP contribution >= 0.6 is 0 Å². The molecule has 6 heteroatoms. The number of aryl methyl sites for hydroxylation is 1. The lowest BCUT2D eigenvalue weighted by Crippen LogP contribution is -2.36. The van der Waals surface area contributed by atoms with Gasteiger partial charge in [-0.05, 0) is 63.1 Å². The second kappa shape index (κ2) is 9.90. The van der Waals surface area contributed by atoms with Gasteiger partial charge in [0.25, 0.3) is 5.91 Å². The molecule has 2 aromatic carbocycles. The molecule has 1 saturated heterocycles. The topological polar surface area (TPSA) is 71.9 Å². The van der Waals surface area contributed by atoms with Gasteiger partial charge >= 0.3 is 0 Å². The van der Waals surface area contributed by atoms with Crippen LogP contribution in [-0.4, -0.2) is 37.7 Å². The van der Waals surface area contributed by atoms with Gasteiger partial charge in [0.1, 0.15) is 5.75 Å². The Balaban J connectivity index is 1.71. The smallest absolute Gasteiger partial charge is 0.257 e. The predicted molar refractivity (Wildman–Crippen MR) is 111 cm³/mol. The zero-order valence-electron chi connectivity index (χ0n) is 16.4. The Hall–Kier alpha value is -2.86. The van der Waals surface area contributed by atoms with E-state index in [4.69, 9.17) is 9.47 Å². The lowest BCUT2D eigenvalue weighted by atomic mass is 10.1. The van der Waals surface area contributed by atoms with Crippen LogP contribution in [0.15, 0.2) is 53.5 Å². The van der Waals surface area contributed by atoms with E-state index >= 15 is 0 Å². The third-order valence-electron chi connectivity index (χ3n) is 4.45. The zero-order valence-corrected chi connectivity index (χ0v) is 16.4. The molecule has 0 radical (unpaired) electrons. The van der Waals surface area contributed by atoms with Gasteiger partial charge < -0.3 is 14.8 Å². The molecule has 1 amide bonds. The van der Waals surface area contributed by atoms with E-state index in [2.05, 4.69) is 15.6 Å². The van der Waals surface area contributed by atoms with Crippen molar-refractivity contribution >= 4 is 17.6 Å². The maximum absolute atomic E-state index is 12.6. The summed E-state index contributed by atoms with van der Waals surface area (Å²) in [5.74, 6) is 1.00. The van der Waals surface area contributed by atoms with E-state index in [0.717, 1.165) is 36.4 Å². The van der Waals surface area contributed by atoms with Gasteiger partial charge in [0, 0.05) is 17.9 Å². The summed E-state index contributed by atoms with van der Waals surface area (Å²) in [6.07, 6.45) is 2.15. The second-order valence-electron chi connectivity index (χ2n) is 6.73. The zero-order chi connectivity index (χ0) is 19.8. The SMILES string of the molecule is CCOc1ccc(NC(=NC[C@H]2CCCO2)NC(=O)c2ccc(C)cc2)cc1. The van der Waals surface area contributed by atoms with E-state index in [-0.39, 0.29) is 12.0 Å². The molecule has 0 unspecified atom stereocenters. The monoisotopic (exact) mass is 381 g/mol. The van der Waals surface area contributed by atoms with Crippen molar-refractivity contribution in [2.75, 3.05) is 25.1 Å². The number of hydrogen-bond donors (Lipinski definition) is 2. The third-order valence-corrected chi connectivity index (χ3v) is 4.45. The molecule has 0 saturated carbocycles. The molecule has 148 valence electrons. The van der Waals surface area contributed by atoms with Crippen LogP contribution in [0.2, 0.25) is 0 Å². The maximum atomic E-state index is 12.6. The van der Waals surface area contributed by atoms with Crippen LogP contribution in [0.1, 0.15) is 35.7 Å². The molecule has 0 spiro atoms. The normalized spacial score (nSPS) is 16.6. The van der Waals surface area contributed by atoms with Crippen LogP contribution in [0.25, 0.3) is 0 Å². The molecule has 0 aromatic heterocycles. The van der Waals surface area contributed by atoms with E-state index in [1.54, 1.807) is 12.1 Å². The number of amides is 1. The maximum Gasteiger partial charge on any atom is 0.257 e. The van der Waals surface area contributed by atoms with Crippen LogP contribution in [0.4, 0.5) is 5.69 Å². The van der Waals surface area contributed by atoms with Crippen LogP contribution < -0.4 is 15.4 Å². The van der Waals surface area contributed by atoms with Crippen molar-refractivity contribution in [1.29, 1.82) is 0 Å². The molecule has 1 aliphatic rings. The number of carbonyl (C=O) groups is 1. The summed E-state index contributed by atoms with van der Waals surface area (Å²) in [7, 11) is 0. The Kier molecular flexibility index (Phi) is 7.03. The first-order valence-electron chi connectivity index (χ1n) is 9.68. The van der Waals surface area contributed by atoms with Crippen molar-refractivity contribution in [1.82, 2.24) is 5.32 Å². The van der Waals surface area contributed by atoms with Crippen LogP contribution in [0.3, 0.4) is 0 Å². The molecule has 0 bridgehead atoms. The van der Waals surface area contributed by atoms with E-state index in [9.17, 15) is 4.79 Å². The number of rotatable bonds is 6. The fraction of sp³-hybridized carbons (Fsp3) is 0.364. The largest absolute Gasteiger partial charge is 0.494 e. The molecule has 2 N–H and O–H groups in total. The number of hydrogen-bond acceptors (Lipinski definition) is 4. The summed E-state index contributed by atoms with van der Waals surface area (Å²) >= 11 is 0. The predicted octanol–water partition coefficient (Wildman–Crippen LogP) is 3.77. The lowest BCUT2D eigenvalue weighted by molar-refractivity contribution is 0.0975. The van der Waals surface area contributed by atoms with Crippen LogP contribution in [-0.2, 0) is 4.74 Å². The number of carbonyl (C=O) groups excluding carboxylic acids is 1. The minimum absolute atomic E-state index is 0.105. The molecule has 0 aliphatic carbocycles. The fourth-order valence-corrected chi connectivity index (χ4v) is 2.91. The summed E-state index contributed by atoms with van der Waals surface area (Å²) in [5.41, 5.74) is 2.51. The number of guanidine groups is 1. The highest BCUT2D eigenvalue weighted by molar-refractivity contribution is 6.09. The Bertz CT molecular complexity index is 795. The Morgan fingerprint density at radius 2 is 1.93 bits per heavy atom. The molecule has 1 aliphatic heterocycles. The van der Waals surface area contributed by atoms with Crippen molar-refractivity contribution in [3.05, 3.63) is 59.7 Å². The first kappa shape index (κ1) is 19.9. The number of aliphatic imine (C=N–C) groups is 1. The average molecular weight is 381 g/mol. The molecule has 1 fully saturated rings. The van der Waals surface area contributed by atoms with Crippen LogP contribution in [0, 0.1) is 6.92 Å². The van der Waals surface area contributed by atoms with E-state index in [0.29, 0.717) is 24.7 Å². The second-order valence-corrected chi connectivity index (χ2v) is 6.73. The molecule has 1 atom stereocenters. The van der Waals surface area contributed by atoms with Gasteiger partial charge in [0.15, 0.2) is 0 Å². The minimum atomic E-state index is -0.204. The van der Waals surface area contributed by atoms with Crippen molar-refractivity contribution in [2.45, 2.75) is 32.8 Å². The fourth-order valence-electron chi connectivity index (χ4n) is 2.91. The molecule has 3 rings (SSSR count). The van der Waals surface area contributed by atoms with E-state index in [1.165, 1.54) is 0 Å². The highest BCUT2D eigenvalue weighted by Gasteiger charge is 2.16. The number of nitrogens with zero attached hydrogens (tertiary/aromatic N) is 1. The number of ether oxygens (including phenoxy) is 2. The Labute approximate surface area is 166 Å². The first-order valence-corrected chi connectivity index (χ1v) is 9.68. The molecule has 28 heavy (non-hydrogen) atoms. The highest BCUT2D eigenvalue weighted by atomic mass is 16.5. The molecule has 1 heterocycles. The number of anilines is 1. The molecule has 6 nitrogen and oxygen atoms in total. The molecular formula is C22H27N3O3. The number of benzene rings is 2. The van der Waals surface area contributed by atoms with Gasteiger partial charge in [-0.25, -0.2) is 4.99 Å². The third kappa shape index (κ3) is 5.82. The van der Waals surface area contributed by atoms with Crippen molar-refractivity contribution in [3.8, 4) is 5.75 Å².